The van der Waals surface area contributed by atoms with Crippen LogP contribution in [0.4, 0.5) is 0 Å². The number of aromatic amines is 1. The molecule has 6 heteroatoms. The Hall–Kier alpha value is -2.36. The highest BCUT2D eigenvalue weighted by atomic mass is 32.1. The van der Waals surface area contributed by atoms with E-state index in [-0.39, 0.29) is 17.6 Å². The molecule has 0 bridgehead atoms. The largest absolute Gasteiger partial charge is 0.395 e. The fraction of sp³-hybridized carbons (Fsp3) is 0.200. The molecule has 0 aliphatic carbocycles. The standard InChI is InChI=1S/C15H14N2O3S/c18-6-2-1-3-11-7-12(21-10-11)8-17-15(20)13-9-16-5-4-14(13)19/h4-5,7,9-10,18H,2,6,8H2,(H,16,19)(H,17,20). The number of carbonyl (C=O) groups is 1. The summed E-state index contributed by atoms with van der Waals surface area (Å²) in [6.07, 6.45) is 3.31. The molecule has 2 aromatic heterocycles. The molecule has 1 amide bonds. The molecule has 2 heterocycles. The predicted octanol–water partition coefficient (Wildman–Crippen LogP) is 1.10. The van der Waals surface area contributed by atoms with Crippen LogP contribution in [0, 0.1) is 11.8 Å². The number of hydrogen-bond donors (Lipinski definition) is 3. The van der Waals surface area contributed by atoms with E-state index in [0.29, 0.717) is 13.0 Å². The van der Waals surface area contributed by atoms with E-state index < -0.39 is 5.91 Å². The first kappa shape index (κ1) is 15.0. The first-order valence-corrected chi connectivity index (χ1v) is 7.21. The number of rotatable bonds is 4. The number of thiophene rings is 1. The van der Waals surface area contributed by atoms with Crippen molar-refractivity contribution >= 4 is 17.2 Å². The van der Waals surface area contributed by atoms with E-state index >= 15 is 0 Å². The molecule has 0 spiro atoms. The number of pyridine rings is 1. The lowest BCUT2D eigenvalue weighted by Crippen LogP contribution is -2.27. The second-order valence-electron chi connectivity index (χ2n) is 4.18. The van der Waals surface area contributed by atoms with Crippen LogP contribution < -0.4 is 10.7 Å². The molecule has 2 rings (SSSR count). The van der Waals surface area contributed by atoms with Crippen LogP contribution >= 0.6 is 11.3 Å². The molecule has 0 saturated carbocycles. The highest BCUT2D eigenvalue weighted by Gasteiger charge is 2.09. The van der Waals surface area contributed by atoms with Gasteiger partial charge < -0.3 is 15.4 Å². The van der Waals surface area contributed by atoms with Gasteiger partial charge in [0.15, 0.2) is 5.43 Å². The van der Waals surface area contributed by atoms with Gasteiger partial charge in [0.05, 0.1) is 13.2 Å². The van der Waals surface area contributed by atoms with Crippen molar-refractivity contribution in [3.8, 4) is 11.8 Å². The van der Waals surface area contributed by atoms with Crippen molar-refractivity contribution in [1.82, 2.24) is 10.3 Å². The van der Waals surface area contributed by atoms with E-state index in [2.05, 4.69) is 22.1 Å². The van der Waals surface area contributed by atoms with Crippen LogP contribution in [0.2, 0.25) is 0 Å². The van der Waals surface area contributed by atoms with Crippen molar-refractivity contribution in [3.63, 3.8) is 0 Å². The van der Waals surface area contributed by atoms with Gasteiger partial charge in [-0.2, -0.15) is 0 Å². The van der Waals surface area contributed by atoms with E-state index in [0.717, 1.165) is 10.4 Å². The third-order valence-electron chi connectivity index (χ3n) is 2.62. The van der Waals surface area contributed by atoms with Crippen molar-refractivity contribution in [2.45, 2.75) is 13.0 Å². The molecule has 0 saturated heterocycles. The van der Waals surface area contributed by atoms with E-state index in [1.165, 1.54) is 29.8 Å². The maximum Gasteiger partial charge on any atom is 0.257 e. The second kappa shape index (κ2) is 7.43. The lowest BCUT2D eigenvalue weighted by molar-refractivity contribution is 0.0950. The zero-order chi connectivity index (χ0) is 15.1. The molecular formula is C15H14N2O3S. The maximum absolute atomic E-state index is 11.9. The van der Waals surface area contributed by atoms with Crippen molar-refractivity contribution in [3.05, 3.63) is 56.1 Å². The van der Waals surface area contributed by atoms with Crippen LogP contribution in [0.25, 0.3) is 0 Å². The lowest BCUT2D eigenvalue weighted by Gasteiger charge is -2.02. The Kier molecular flexibility index (Phi) is 5.32. The number of aliphatic hydroxyl groups is 1. The Morgan fingerprint density at radius 3 is 3.10 bits per heavy atom. The van der Waals surface area contributed by atoms with Crippen molar-refractivity contribution < 1.29 is 9.90 Å². The molecule has 0 unspecified atom stereocenters. The maximum atomic E-state index is 11.9. The Balaban J connectivity index is 1.95. The summed E-state index contributed by atoms with van der Waals surface area (Å²) < 4.78 is 0. The minimum atomic E-state index is -0.404. The first-order valence-electron chi connectivity index (χ1n) is 6.33. The molecule has 2 aromatic rings. The number of carbonyl (C=O) groups excluding carboxylic acids is 1. The zero-order valence-corrected chi connectivity index (χ0v) is 12.0. The number of H-pyrrole nitrogens is 1. The summed E-state index contributed by atoms with van der Waals surface area (Å²) in [5.74, 6) is 5.36. The summed E-state index contributed by atoms with van der Waals surface area (Å²) in [6, 6.07) is 3.19. The normalized spacial score (nSPS) is 9.76. The summed E-state index contributed by atoms with van der Waals surface area (Å²) in [6.45, 7) is 0.394. The molecule has 0 fully saturated rings. The van der Waals surface area contributed by atoms with Gasteiger partial charge in [0.2, 0.25) is 0 Å². The lowest BCUT2D eigenvalue weighted by atomic mass is 10.2. The second-order valence-corrected chi connectivity index (χ2v) is 5.18. The van der Waals surface area contributed by atoms with Crippen molar-refractivity contribution in [2.75, 3.05) is 6.61 Å². The number of nitrogens with one attached hydrogen (secondary N) is 2. The summed E-state index contributed by atoms with van der Waals surface area (Å²) in [7, 11) is 0. The fourth-order valence-electron chi connectivity index (χ4n) is 1.62. The summed E-state index contributed by atoms with van der Waals surface area (Å²) in [5, 5.41) is 13.2. The predicted molar refractivity (Wildman–Crippen MR) is 81.1 cm³/mol. The SMILES string of the molecule is O=C(NCc1cc(C#CCCO)cs1)c1c[nH]ccc1=O. The van der Waals surface area contributed by atoms with Gasteiger partial charge in [0.25, 0.3) is 5.91 Å². The highest BCUT2D eigenvalue weighted by Crippen LogP contribution is 2.13. The van der Waals surface area contributed by atoms with Gasteiger partial charge in [-0.25, -0.2) is 0 Å². The van der Waals surface area contributed by atoms with E-state index in [9.17, 15) is 9.59 Å². The summed E-state index contributed by atoms with van der Waals surface area (Å²) >= 11 is 1.48. The summed E-state index contributed by atoms with van der Waals surface area (Å²) in [5.41, 5.74) is 0.639. The van der Waals surface area contributed by atoms with Crippen molar-refractivity contribution in [2.24, 2.45) is 0 Å². The molecule has 0 radical (unpaired) electrons. The summed E-state index contributed by atoms with van der Waals surface area (Å²) in [4.78, 5) is 27.0. The molecule has 0 aliphatic heterocycles. The molecule has 5 nitrogen and oxygen atoms in total. The van der Waals surface area contributed by atoms with Crippen LogP contribution in [0.5, 0.6) is 0 Å². The van der Waals surface area contributed by atoms with Crippen LogP contribution in [0.3, 0.4) is 0 Å². The van der Waals surface area contributed by atoms with Gasteiger partial charge in [-0.1, -0.05) is 11.8 Å². The van der Waals surface area contributed by atoms with E-state index in [4.69, 9.17) is 5.11 Å². The molecule has 3 N–H and O–H groups in total. The molecule has 21 heavy (non-hydrogen) atoms. The quantitative estimate of drug-likeness (QED) is 0.740. The van der Waals surface area contributed by atoms with Gasteiger partial charge in [0.1, 0.15) is 5.56 Å². The Morgan fingerprint density at radius 1 is 1.48 bits per heavy atom. The third kappa shape index (κ3) is 4.31. The zero-order valence-electron chi connectivity index (χ0n) is 11.2. The third-order valence-corrected chi connectivity index (χ3v) is 3.55. The van der Waals surface area contributed by atoms with Crippen molar-refractivity contribution in [1.29, 1.82) is 0 Å². The molecule has 0 atom stereocenters. The Bertz CT molecular complexity index is 737. The number of aliphatic hydroxyl groups excluding tert-OH is 1. The van der Waals surface area contributed by atoms with Crippen LogP contribution in [-0.2, 0) is 6.54 Å². The van der Waals surface area contributed by atoms with Crippen LogP contribution in [0.1, 0.15) is 27.2 Å². The first-order chi connectivity index (χ1) is 10.2. The van der Waals surface area contributed by atoms with Gasteiger partial charge in [0, 0.05) is 40.7 Å². The smallest absolute Gasteiger partial charge is 0.257 e. The van der Waals surface area contributed by atoms with E-state index in [1.807, 2.05) is 11.4 Å². The van der Waals surface area contributed by atoms with Gasteiger partial charge in [-0.05, 0) is 6.07 Å². The minimum absolute atomic E-state index is 0.0473. The molecule has 0 aliphatic rings. The van der Waals surface area contributed by atoms with Gasteiger partial charge in [-0.15, -0.1) is 11.3 Å². The minimum Gasteiger partial charge on any atom is -0.395 e. The molecule has 0 aromatic carbocycles. The molecular weight excluding hydrogens is 288 g/mol. The number of amides is 1. The Morgan fingerprint density at radius 2 is 2.33 bits per heavy atom. The average Bonchev–Trinajstić information content (AvgIpc) is 2.93. The highest BCUT2D eigenvalue weighted by molar-refractivity contribution is 7.10. The number of aromatic nitrogens is 1. The number of hydrogen-bond acceptors (Lipinski definition) is 4. The van der Waals surface area contributed by atoms with Gasteiger partial charge in [-0.3, -0.25) is 9.59 Å². The van der Waals surface area contributed by atoms with Crippen LogP contribution in [-0.4, -0.2) is 22.6 Å². The monoisotopic (exact) mass is 302 g/mol. The Labute approximate surface area is 125 Å². The van der Waals surface area contributed by atoms with Gasteiger partial charge >= 0.3 is 0 Å². The average molecular weight is 302 g/mol. The molecule has 108 valence electrons. The topological polar surface area (TPSA) is 82.2 Å². The van der Waals surface area contributed by atoms with E-state index in [1.54, 1.807) is 0 Å². The fourth-order valence-corrected chi connectivity index (χ4v) is 2.37. The van der Waals surface area contributed by atoms with Crippen LogP contribution in [0.15, 0.2) is 34.7 Å².